The molecule has 2 aromatic rings. The number of hydrogen-bond acceptors (Lipinski definition) is 5. The van der Waals surface area contributed by atoms with E-state index in [2.05, 4.69) is 9.97 Å². The number of aromatic nitrogens is 2. The van der Waals surface area contributed by atoms with E-state index in [1.165, 1.54) is 25.5 Å². The summed E-state index contributed by atoms with van der Waals surface area (Å²) in [7, 11) is 0. The van der Waals surface area contributed by atoms with Gasteiger partial charge in [-0.25, -0.2) is 4.98 Å². The third kappa shape index (κ3) is 3.38. The largest absolute Gasteiger partial charge is 0.393 e. The van der Waals surface area contributed by atoms with Gasteiger partial charge in [0.15, 0.2) is 0 Å². The molecule has 2 saturated heterocycles. The van der Waals surface area contributed by atoms with Gasteiger partial charge >= 0.3 is 0 Å². The molecule has 0 saturated carbocycles. The highest BCUT2D eigenvalue weighted by molar-refractivity contribution is 5.92. The Morgan fingerprint density at radius 3 is 2.61 bits per heavy atom. The predicted molar refractivity (Wildman–Crippen MR) is 102 cm³/mol. The molecule has 1 aromatic heterocycles. The van der Waals surface area contributed by atoms with Crippen LogP contribution in [0.4, 0.5) is 0 Å². The molecule has 1 aromatic carbocycles. The number of nitrogens with zero attached hydrogens (tertiary/aromatic N) is 4. The van der Waals surface area contributed by atoms with Crippen LogP contribution in [0.3, 0.4) is 0 Å². The third-order valence-corrected chi connectivity index (χ3v) is 5.97. The van der Waals surface area contributed by atoms with Crippen LogP contribution in [0.15, 0.2) is 48.9 Å². The van der Waals surface area contributed by atoms with Crippen molar-refractivity contribution in [2.45, 2.75) is 31.4 Å². The number of carbonyl (C=O) groups excluding carboxylic acids is 2. The summed E-state index contributed by atoms with van der Waals surface area (Å²) in [6.45, 7) is 2.94. The number of likely N-dealkylation sites (tertiary alicyclic amines) is 2. The highest BCUT2D eigenvalue weighted by Gasteiger charge is 2.50. The van der Waals surface area contributed by atoms with Crippen molar-refractivity contribution in [1.29, 1.82) is 0 Å². The lowest BCUT2D eigenvalue weighted by molar-refractivity contribution is -0.129. The van der Waals surface area contributed by atoms with Crippen LogP contribution in [0, 0.1) is 5.92 Å². The summed E-state index contributed by atoms with van der Waals surface area (Å²) in [5.41, 5.74) is 1.38. The fourth-order valence-corrected chi connectivity index (χ4v) is 4.59. The fourth-order valence-electron chi connectivity index (χ4n) is 4.59. The first-order valence-electron chi connectivity index (χ1n) is 9.61. The zero-order valence-corrected chi connectivity index (χ0v) is 15.8. The van der Waals surface area contributed by atoms with E-state index in [1.807, 2.05) is 30.3 Å². The number of carbonyl (C=O) groups is 2. The lowest BCUT2D eigenvalue weighted by Gasteiger charge is -2.31. The SMILES string of the molecule is CC(=O)N1CC[C@@H](O)[C@@H]2[C@@H](C1)N(C(=O)c1cnccn1)C[C@H]2c1ccccc1. The van der Waals surface area contributed by atoms with Gasteiger partial charge in [-0.05, 0) is 12.0 Å². The van der Waals surface area contributed by atoms with Gasteiger partial charge in [-0.1, -0.05) is 30.3 Å². The van der Waals surface area contributed by atoms with Crippen LogP contribution < -0.4 is 0 Å². The second-order valence-electron chi connectivity index (χ2n) is 7.53. The minimum Gasteiger partial charge on any atom is -0.393 e. The molecule has 3 heterocycles. The lowest BCUT2D eigenvalue weighted by atomic mass is 9.81. The Morgan fingerprint density at radius 2 is 1.93 bits per heavy atom. The molecule has 4 rings (SSSR count). The molecular formula is C21H24N4O3. The zero-order valence-electron chi connectivity index (χ0n) is 15.8. The van der Waals surface area contributed by atoms with Crippen LogP contribution in [0.25, 0.3) is 0 Å². The van der Waals surface area contributed by atoms with Gasteiger partial charge in [0.2, 0.25) is 5.91 Å². The molecule has 0 bridgehead atoms. The average molecular weight is 380 g/mol. The van der Waals surface area contributed by atoms with E-state index < -0.39 is 6.10 Å². The van der Waals surface area contributed by atoms with Crippen molar-refractivity contribution in [1.82, 2.24) is 19.8 Å². The molecule has 2 fully saturated rings. The quantitative estimate of drug-likeness (QED) is 0.849. The van der Waals surface area contributed by atoms with Crippen molar-refractivity contribution in [3.63, 3.8) is 0 Å². The van der Waals surface area contributed by atoms with E-state index in [0.717, 1.165) is 5.56 Å². The van der Waals surface area contributed by atoms with Gasteiger partial charge in [0, 0.05) is 50.8 Å². The van der Waals surface area contributed by atoms with Gasteiger partial charge in [-0.2, -0.15) is 0 Å². The van der Waals surface area contributed by atoms with Crippen LogP contribution in [-0.4, -0.2) is 68.5 Å². The molecule has 7 heteroatoms. The fraction of sp³-hybridized carbons (Fsp3) is 0.429. The van der Waals surface area contributed by atoms with Gasteiger partial charge in [0.25, 0.3) is 5.91 Å². The zero-order chi connectivity index (χ0) is 19.7. The predicted octanol–water partition coefficient (Wildman–Crippen LogP) is 1.31. The van der Waals surface area contributed by atoms with Gasteiger partial charge < -0.3 is 14.9 Å². The van der Waals surface area contributed by atoms with Crippen molar-refractivity contribution in [3.05, 3.63) is 60.2 Å². The molecule has 28 heavy (non-hydrogen) atoms. The first-order chi connectivity index (χ1) is 13.6. The van der Waals surface area contributed by atoms with Gasteiger partial charge in [-0.3, -0.25) is 14.6 Å². The molecule has 0 radical (unpaired) electrons. The van der Waals surface area contributed by atoms with Crippen molar-refractivity contribution in [2.24, 2.45) is 5.92 Å². The maximum Gasteiger partial charge on any atom is 0.274 e. The number of aliphatic hydroxyl groups is 1. The number of rotatable bonds is 2. The molecular weight excluding hydrogens is 356 g/mol. The summed E-state index contributed by atoms with van der Waals surface area (Å²) in [4.78, 5) is 37.0. The van der Waals surface area contributed by atoms with Crippen LogP contribution in [0.1, 0.15) is 35.3 Å². The van der Waals surface area contributed by atoms with E-state index in [9.17, 15) is 14.7 Å². The minimum absolute atomic E-state index is 0.00808. The summed E-state index contributed by atoms with van der Waals surface area (Å²) in [5, 5.41) is 11.0. The summed E-state index contributed by atoms with van der Waals surface area (Å²) in [6.07, 6.45) is 4.42. The van der Waals surface area contributed by atoms with E-state index in [0.29, 0.717) is 26.1 Å². The number of hydrogen-bond donors (Lipinski definition) is 1. The van der Waals surface area contributed by atoms with E-state index in [4.69, 9.17) is 0 Å². The average Bonchev–Trinajstić information content (AvgIpc) is 3.01. The molecule has 2 aliphatic rings. The van der Waals surface area contributed by atoms with Crippen molar-refractivity contribution < 1.29 is 14.7 Å². The number of fused-ring (bicyclic) bond motifs is 1. The molecule has 4 atom stereocenters. The topological polar surface area (TPSA) is 86.6 Å². The van der Waals surface area contributed by atoms with E-state index in [-0.39, 0.29) is 35.4 Å². The smallest absolute Gasteiger partial charge is 0.274 e. The second-order valence-corrected chi connectivity index (χ2v) is 7.53. The highest BCUT2D eigenvalue weighted by atomic mass is 16.3. The summed E-state index contributed by atoms with van der Waals surface area (Å²) in [5.74, 6) is -0.372. The van der Waals surface area contributed by atoms with Crippen LogP contribution in [0.5, 0.6) is 0 Å². The molecule has 1 N–H and O–H groups in total. The Bertz CT molecular complexity index is 845. The van der Waals surface area contributed by atoms with Crippen LogP contribution in [-0.2, 0) is 4.79 Å². The Kier molecular flexibility index (Phi) is 5.09. The molecule has 0 spiro atoms. The van der Waals surface area contributed by atoms with E-state index >= 15 is 0 Å². The van der Waals surface area contributed by atoms with E-state index in [1.54, 1.807) is 9.80 Å². The van der Waals surface area contributed by atoms with Gasteiger partial charge in [0.1, 0.15) is 5.69 Å². The molecule has 7 nitrogen and oxygen atoms in total. The molecule has 2 aliphatic heterocycles. The van der Waals surface area contributed by atoms with Crippen LogP contribution in [0.2, 0.25) is 0 Å². The highest BCUT2D eigenvalue weighted by Crippen LogP contribution is 2.42. The standard InChI is InChI=1S/C21H24N4O3/c1-14(26)24-10-7-19(27)20-16(15-5-3-2-4-6-15)12-25(18(20)13-24)21(28)17-11-22-8-9-23-17/h2-6,8-9,11,16,18-20,27H,7,10,12-13H2,1H3/t16-,18+,19+,20-/m0/s1. The number of aliphatic hydroxyl groups excluding tert-OH is 1. The minimum atomic E-state index is -0.584. The molecule has 0 aliphatic carbocycles. The summed E-state index contributed by atoms with van der Waals surface area (Å²) in [6, 6.07) is 9.72. The summed E-state index contributed by atoms with van der Waals surface area (Å²) >= 11 is 0. The number of benzene rings is 1. The van der Waals surface area contributed by atoms with Crippen molar-refractivity contribution in [3.8, 4) is 0 Å². The lowest BCUT2D eigenvalue weighted by Crippen LogP contribution is -2.46. The van der Waals surface area contributed by atoms with Crippen LogP contribution >= 0.6 is 0 Å². The summed E-state index contributed by atoms with van der Waals surface area (Å²) < 4.78 is 0. The maximum absolute atomic E-state index is 13.2. The second kappa shape index (κ2) is 7.67. The van der Waals surface area contributed by atoms with Crippen molar-refractivity contribution >= 4 is 11.8 Å². The van der Waals surface area contributed by atoms with Gasteiger partial charge in [0.05, 0.1) is 18.3 Å². The maximum atomic E-state index is 13.2. The Labute approximate surface area is 164 Å². The van der Waals surface area contributed by atoms with Gasteiger partial charge in [-0.15, -0.1) is 0 Å². The number of amides is 2. The Morgan fingerprint density at radius 1 is 1.14 bits per heavy atom. The first-order valence-corrected chi connectivity index (χ1v) is 9.61. The molecule has 146 valence electrons. The first kappa shape index (κ1) is 18.6. The third-order valence-electron chi connectivity index (χ3n) is 5.97. The van der Waals surface area contributed by atoms with Crippen molar-refractivity contribution in [2.75, 3.05) is 19.6 Å². The molecule has 0 unspecified atom stereocenters. The Balaban J connectivity index is 1.73. The Hall–Kier alpha value is -2.80. The molecule has 2 amide bonds. The monoisotopic (exact) mass is 380 g/mol. The normalized spacial score (nSPS) is 27.2.